The highest BCUT2D eigenvalue weighted by molar-refractivity contribution is 9.10. The first kappa shape index (κ1) is 17.6. The van der Waals surface area contributed by atoms with Crippen LogP contribution in [0.25, 0.3) is 0 Å². The average Bonchev–Trinajstić information content (AvgIpc) is 2.56. The van der Waals surface area contributed by atoms with Crippen LogP contribution in [-0.2, 0) is 13.1 Å². The van der Waals surface area contributed by atoms with E-state index in [0.29, 0.717) is 6.61 Å². The van der Waals surface area contributed by atoms with Crippen LogP contribution in [0.1, 0.15) is 18.1 Å². The van der Waals surface area contributed by atoms with Crippen molar-refractivity contribution >= 4 is 15.9 Å². The summed E-state index contributed by atoms with van der Waals surface area (Å²) < 4.78 is 17.1. The molecule has 0 spiro atoms. The van der Waals surface area contributed by atoms with Crippen molar-refractivity contribution in [3.63, 3.8) is 0 Å². The number of hydrogen-bond acceptors (Lipinski definition) is 3. The Hall–Kier alpha value is -1.72. The summed E-state index contributed by atoms with van der Waals surface area (Å²) in [5.74, 6) is 2.40. The van der Waals surface area contributed by atoms with Gasteiger partial charge in [0.1, 0.15) is 18.8 Å². The van der Waals surface area contributed by atoms with Crippen molar-refractivity contribution in [3.05, 3.63) is 52.0 Å². The van der Waals surface area contributed by atoms with Gasteiger partial charge in [0.15, 0.2) is 11.5 Å². The maximum atomic E-state index is 5.66. The summed E-state index contributed by atoms with van der Waals surface area (Å²) in [4.78, 5) is 0. The van der Waals surface area contributed by atoms with Gasteiger partial charge in [-0.15, -0.1) is 0 Å². The molecule has 2 aromatic rings. The van der Waals surface area contributed by atoms with E-state index >= 15 is 0 Å². The van der Waals surface area contributed by atoms with E-state index in [-0.39, 0.29) is 0 Å². The molecule has 0 unspecified atom stereocenters. The molecule has 0 aliphatic rings. The molecule has 0 saturated heterocycles. The number of quaternary nitrogens is 1. The van der Waals surface area contributed by atoms with Crippen LogP contribution in [0.5, 0.6) is 17.2 Å². The lowest BCUT2D eigenvalue weighted by atomic mass is 10.2. The molecule has 5 heteroatoms. The molecular weight excluding hydrogens is 358 g/mol. The number of methoxy groups -OCH3 is 2. The van der Waals surface area contributed by atoms with E-state index in [1.807, 2.05) is 25.1 Å². The Labute approximate surface area is 145 Å². The molecule has 0 amide bonds. The van der Waals surface area contributed by atoms with E-state index < -0.39 is 0 Å². The highest BCUT2D eigenvalue weighted by Crippen LogP contribution is 2.36. The van der Waals surface area contributed by atoms with Crippen molar-refractivity contribution in [2.45, 2.75) is 20.0 Å². The normalized spacial score (nSPS) is 10.4. The molecule has 2 N–H and O–H groups in total. The summed E-state index contributed by atoms with van der Waals surface area (Å²) in [5, 5.41) is 2.26. The van der Waals surface area contributed by atoms with E-state index in [0.717, 1.165) is 34.8 Å². The van der Waals surface area contributed by atoms with Crippen LogP contribution in [-0.4, -0.2) is 20.8 Å². The molecule has 2 aromatic carbocycles. The molecule has 0 fully saturated rings. The van der Waals surface area contributed by atoms with Gasteiger partial charge < -0.3 is 19.5 Å². The Morgan fingerprint density at radius 1 is 0.957 bits per heavy atom. The predicted molar refractivity (Wildman–Crippen MR) is 94.2 cm³/mol. The van der Waals surface area contributed by atoms with Crippen LogP contribution in [0, 0.1) is 0 Å². The van der Waals surface area contributed by atoms with E-state index in [1.54, 1.807) is 14.2 Å². The van der Waals surface area contributed by atoms with Crippen molar-refractivity contribution in [3.8, 4) is 17.2 Å². The first-order valence-corrected chi connectivity index (χ1v) is 8.41. The van der Waals surface area contributed by atoms with Crippen molar-refractivity contribution in [2.75, 3.05) is 20.8 Å². The van der Waals surface area contributed by atoms with Crippen molar-refractivity contribution < 1.29 is 19.5 Å². The number of ether oxygens (including phenoxy) is 3. The highest BCUT2D eigenvalue weighted by Gasteiger charge is 2.11. The summed E-state index contributed by atoms with van der Waals surface area (Å²) in [6.07, 6.45) is 0. The molecule has 2 rings (SSSR count). The molecule has 0 radical (unpaired) electrons. The zero-order valence-electron chi connectivity index (χ0n) is 13.8. The van der Waals surface area contributed by atoms with E-state index in [4.69, 9.17) is 14.2 Å². The second kappa shape index (κ2) is 8.79. The van der Waals surface area contributed by atoms with E-state index in [9.17, 15) is 0 Å². The zero-order chi connectivity index (χ0) is 16.7. The molecular formula is C18H23BrNO3+. The molecule has 0 bridgehead atoms. The Morgan fingerprint density at radius 3 is 2.26 bits per heavy atom. The fourth-order valence-electron chi connectivity index (χ4n) is 2.37. The van der Waals surface area contributed by atoms with Crippen LogP contribution in [0.3, 0.4) is 0 Å². The smallest absolute Gasteiger partial charge is 0.174 e. The average molecular weight is 381 g/mol. The molecule has 0 aliphatic carbocycles. The minimum atomic E-state index is 0.613. The lowest BCUT2D eigenvalue weighted by Crippen LogP contribution is -2.80. The van der Waals surface area contributed by atoms with Gasteiger partial charge in [0.05, 0.1) is 25.3 Å². The Bertz CT molecular complexity index is 629. The van der Waals surface area contributed by atoms with Crippen molar-refractivity contribution in [1.82, 2.24) is 0 Å². The number of halogens is 1. The molecule has 4 nitrogen and oxygen atoms in total. The van der Waals surface area contributed by atoms with Gasteiger partial charge in [-0.25, -0.2) is 0 Å². The number of nitrogens with two attached hydrogens (primary N) is 1. The van der Waals surface area contributed by atoms with Crippen LogP contribution in [0.2, 0.25) is 0 Å². The zero-order valence-corrected chi connectivity index (χ0v) is 15.4. The van der Waals surface area contributed by atoms with Gasteiger partial charge in [-0.1, -0.05) is 0 Å². The van der Waals surface area contributed by atoms with Crippen LogP contribution < -0.4 is 19.5 Å². The summed E-state index contributed by atoms with van der Waals surface area (Å²) in [6.45, 7) is 4.37. The van der Waals surface area contributed by atoms with Crippen molar-refractivity contribution in [2.24, 2.45) is 0 Å². The molecule has 0 aliphatic heterocycles. The molecule has 0 aromatic heterocycles. The van der Waals surface area contributed by atoms with E-state index in [1.165, 1.54) is 11.1 Å². The SMILES string of the molecule is CCOc1cc(C[NH2+]Cc2ccc(OC)cc2)cc(Br)c1OC. The molecule has 0 atom stereocenters. The molecule has 124 valence electrons. The number of hydrogen-bond donors (Lipinski definition) is 1. The molecule has 23 heavy (non-hydrogen) atoms. The lowest BCUT2D eigenvalue weighted by molar-refractivity contribution is -0.686. The number of rotatable bonds is 8. The quantitative estimate of drug-likeness (QED) is 0.764. The van der Waals surface area contributed by atoms with E-state index in [2.05, 4.69) is 39.4 Å². The molecule has 0 saturated carbocycles. The highest BCUT2D eigenvalue weighted by atomic mass is 79.9. The third-order valence-corrected chi connectivity index (χ3v) is 4.08. The summed E-state index contributed by atoms with van der Waals surface area (Å²) in [7, 11) is 3.33. The topological polar surface area (TPSA) is 44.3 Å². The van der Waals surface area contributed by atoms with Crippen LogP contribution in [0.4, 0.5) is 0 Å². The maximum Gasteiger partial charge on any atom is 0.174 e. The fraction of sp³-hybridized carbons (Fsp3) is 0.333. The first-order chi connectivity index (χ1) is 11.2. The van der Waals surface area contributed by atoms with Gasteiger partial charge in [0.25, 0.3) is 0 Å². The summed E-state index contributed by atoms with van der Waals surface area (Å²) in [6, 6.07) is 12.3. The maximum absolute atomic E-state index is 5.66. The third-order valence-electron chi connectivity index (χ3n) is 3.49. The van der Waals surface area contributed by atoms with Gasteiger partial charge >= 0.3 is 0 Å². The monoisotopic (exact) mass is 380 g/mol. The Morgan fingerprint density at radius 2 is 1.65 bits per heavy atom. The fourth-order valence-corrected chi connectivity index (χ4v) is 3.02. The van der Waals surface area contributed by atoms with Gasteiger partial charge in [0.2, 0.25) is 0 Å². The Kier molecular flexibility index (Phi) is 6.74. The largest absolute Gasteiger partial charge is 0.497 e. The lowest BCUT2D eigenvalue weighted by Gasteiger charge is -2.13. The Balaban J connectivity index is 1.99. The predicted octanol–water partition coefficient (Wildman–Crippen LogP) is 3.13. The minimum absolute atomic E-state index is 0.613. The first-order valence-electron chi connectivity index (χ1n) is 7.61. The van der Waals surface area contributed by atoms with Crippen molar-refractivity contribution in [1.29, 1.82) is 0 Å². The van der Waals surface area contributed by atoms with Gasteiger partial charge in [-0.05, 0) is 59.3 Å². The second-order valence-electron chi connectivity index (χ2n) is 5.09. The second-order valence-corrected chi connectivity index (χ2v) is 5.94. The van der Waals surface area contributed by atoms with Gasteiger partial charge in [-0.3, -0.25) is 0 Å². The summed E-state index contributed by atoms with van der Waals surface area (Å²) >= 11 is 3.55. The summed E-state index contributed by atoms with van der Waals surface area (Å²) in [5.41, 5.74) is 2.46. The van der Waals surface area contributed by atoms with Crippen LogP contribution >= 0.6 is 15.9 Å². The third kappa shape index (κ3) is 4.88. The standard InChI is InChI=1S/C18H22BrNO3/c1-4-23-17-10-14(9-16(19)18(17)22-3)12-20-11-13-5-7-15(21-2)8-6-13/h5-10,20H,4,11-12H2,1-3H3/p+1. The van der Waals surface area contributed by atoms with Gasteiger partial charge in [-0.2, -0.15) is 0 Å². The van der Waals surface area contributed by atoms with Crippen LogP contribution in [0.15, 0.2) is 40.9 Å². The number of benzene rings is 2. The molecule has 0 heterocycles. The minimum Gasteiger partial charge on any atom is -0.497 e. The van der Waals surface area contributed by atoms with Gasteiger partial charge in [0, 0.05) is 11.1 Å².